The summed E-state index contributed by atoms with van der Waals surface area (Å²) in [5.41, 5.74) is 10.1. The second kappa shape index (κ2) is 5.17. The predicted octanol–water partition coefficient (Wildman–Crippen LogP) is 2.25. The molecule has 1 atom stereocenters. The molecule has 3 heteroatoms. The number of fused-ring (bicyclic) bond motifs is 1. The van der Waals surface area contributed by atoms with Crippen LogP contribution in [0.25, 0.3) is 0 Å². The zero-order chi connectivity index (χ0) is 13.2. The van der Waals surface area contributed by atoms with E-state index in [1.54, 1.807) is 0 Å². The molecule has 2 aromatic rings. The van der Waals surface area contributed by atoms with Crippen LogP contribution in [0.5, 0.6) is 0 Å². The van der Waals surface area contributed by atoms with E-state index in [1.165, 1.54) is 17.0 Å². The van der Waals surface area contributed by atoms with E-state index in [1.807, 2.05) is 0 Å². The van der Waals surface area contributed by atoms with Crippen molar-refractivity contribution in [3.8, 4) is 0 Å². The molecule has 2 heterocycles. The van der Waals surface area contributed by atoms with Crippen LogP contribution in [-0.4, -0.2) is 15.6 Å². The lowest BCUT2D eigenvalue weighted by atomic mass is 10.0. The summed E-state index contributed by atoms with van der Waals surface area (Å²) in [5, 5.41) is 0. The lowest BCUT2D eigenvalue weighted by Crippen LogP contribution is -2.31. The van der Waals surface area contributed by atoms with Crippen LogP contribution < -0.4 is 5.73 Å². The van der Waals surface area contributed by atoms with Crippen molar-refractivity contribution in [3.05, 3.63) is 53.1 Å². The number of nitrogens with two attached hydrogens (primary N) is 1. The van der Waals surface area contributed by atoms with Crippen LogP contribution in [0.4, 0.5) is 0 Å². The number of rotatable bonds is 3. The molecule has 0 saturated carbocycles. The van der Waals surface area contributed by atoms with Crippen molar-refractivity contribution >= 4 is 0 Å². The van der Waals surface area contributed by atoms with Gasteiger partial charge in [0.15, 0.2) is 0 Å². The average molecular weight is 255 g/mol. The molecule has 1 aliphatic heterocycles. The summed E-state index contributed by atoms with van der Waals surface area (Å²) in [6.45, 7) is 3.13. The van der Waals surface area contributed by atoms with Gasteiger partial charge >= 0.3 is 0 Å². The fraction of sp³-hybridized carbons (Fsp3) is 0.438. The number of aryl methyl sites for hydroxylation is 3. The van der Waals surface area contributed by atoms with Gasteiger partial charge in [-0.15, -0.1) is 0 Å². The van der Waals surface area contributed by atoms with E-state index < -0.39 is 0 Å². The van der Waals surface area contributed by atoms with Crippen molar-refractivity contribution < 1.29 is 0 Å². The Labute approximate surface area is 114 Å². The van der Waals surface area contributed by atoms with Gasteiger partial charge in [-0.2, -0.15) is 0 Å². The molecule has 0 radical (unpaired) electrons. The third kappa shape index (κ3) is 2.56. The minimum atomic E-state index is 0.305. The smallest absolute Gasteiger partial charge is 0.106 e. The number of aromatic nitrogens is 2. The van der Waals surface area contributed by atoms with Gasteiger partial charge in [-0.25, -0.2) is 4.98 Å². The molecule has 0 amide bonds. The topological polar surface area (TPSA) is 43.8 Å². The van der Waals surface area contributed by atoms with Gasteiger partial charge in [-0.1, -0.05) is 30.3 Å². The van der Waals surface area contributed by atoms with E-state index in [0.29, 0.717) is 6.04 Å². The molecule has 0 saturated heterocycles. The minimum Gasteiger partial charge on any atom is -0.332 e. The summed E-state index contributed by atoms with van der Waals surface area (Å²) >= 11 is 0. The molecule has 0 spiro atoms. The van der Waals surface area contributed by atoms with Crippen LogP contribution in [-0.2, 0) is 25.8 Å². The first-order valence-electron chi connectivity index (χ1n) is 7.08. The van der Waals surface area contributed by atoms with Crippen molar-refractivity contribution in [3.63, 3.8) is 0 Å². The Morgan fingerprint density at radius 1 is 1.26 bits per heavy atom. The zero-order valence-electron chi connectivity index (χ0n) is 11.5. The van der Waals surface area contributed by atoms with Crippen molar-refractivity contribution in [1.29, 1.82) is 0 Å². The van der Waals surface area contributed by atoms with Gasteiger partial charge in [0.1, 0.15) is 5.82 Å². The van der Waals surface area contributed by atoms with Crippen LogP contribution in [0.3, 0.4) is 0 Å². The molecule has 100 valence electrons. The van der Waals surface area contributed by atoms with E-state index in [0.717, 1.165) is 38.1 Å². The minimum absolute atomic E-state index is 0.305. The second-order valence-corrected chi connectivity index (χ2v) is 5.44. The molecule has 0 bridgehead atoms. The summed E-state index contributed by atoms with van der Waals surface area (Å²) < 4.78 is 2.35. The van der Waals surface area contributed by atoms with Crippen LogP contribution in [0.15, 0.2) is 30.3 Å². The van der Waals surface area contributed by atoms with Crippen molar-refractivity contribution in [2.24, 2.45) is 5.73 Å². The van der Waals surface area contributed by atoms with Crippen LogP contribution in [0.1, 0.15) is 29.2 Å². The highest BCUT2D eigenvalue weighted by atomic mass is 15.1. The number of nitrogens with zero attached hydrogens (tertiary/aromatic N) is 2. The highest BCUT2D eigenvalue weighted by Crippen LogP contribution is 2.21. The third-order valence-corrected chi connectivity index (χ3v) is 4.02. The van der Waals surface area contributed by atoms with Crippen LogP contribution in [0, 0.1) is 6.92 Å². The SMILES string of the molecule is Cc1nc(CCc2ccccc2)c2n1CCC(N)C2. The first kappa shape index (κ1) is 12.4. The molecule has 2 N–H and O–H groups in total. The van der Waals surface area contributed by atoms with Crippen molar-refractivity contribution in [1.82, 2.24) is 9.55 Å². The third-order valence-electron chi connectivity index (χ3n) is 4.02. The van der Waals surface area contributed by atoms with E-state index in [9.17, 15) is 0 Å². The fourth-order valence-electron chi connectivity index (χ4n) is 2.95. The van der Waals surface area contributed by atoms with Crippen LogP contribution in [0.2, 0.25) is 0 Å². The summed E-state index contributed by atoms with van der Waals surface area (Å²) in [5.74, 6) is 1.14. The Bertz CT molecular complexity index is 557. The van der Waals surface area contributed by atoms with Crippen molar-refractivity contribution in [2.75, 3.05) is 0 Å². The van der Waals surface area contributed by atoms with Gasteiger partial charge in [0.25, 0.3) is 0 Å². The number of hydrogen-bond acceptors (Lipinski definition) is 2. The first-order valence-corrected chi connectivity index (χ1v) is 7.08. The highest BCUT2D eigenvalue weighted by molar-refractivity contribution is 5.23. The summed E-state index contributed by atoms with van der Waals surface area (Å²) in [6, 6.07) is 10.9. The van der Waals surface area contributed by atoms with Crippen molar-refractivity contribution in [2.45, 2.75) is 45.2 Å². The Morgan fingerprint density at radius 3 is 2.84 bits per heavy atom. The first-order chi connectivity index (χ1) is 9.24. The normalized spacial score (nSPS) is 18.3. The molecule has 0 fully saturated rings. The van der Waals surface area contributed by atoms with Gasteiger partial charge in [0.2, 0.25) is 0 Å². The molecule has 19 heavy (non-hydrogen) atoms. The molecule has 1 unspecified atom stereocenters. The van der Waals surface area contributed by atoms with E-state index in [2.05, 4.69) is 41.8 Å². The zero-order valence-corrected chi connectivity index (χ0v) is 11.5. The standard InChI is InChI=1S/C16H21N3/c1-12-18-15(8-7-13-5-3-2-4-6-13)16-11-14(17)9-10-19(12)16/h2-6,14H,7-11,17H2,1H3. The van der Waals surface area contributed by atoms with Gasteiger partial charge in [-0.05, 0) is 31.7 Å². The molecular weight excluding hydrogens is 234 g/mol. The van der Waals surface area contributed by atoms with Gasteiger partial charge in [-0.3, -0.25) is 0 Å². The number of hydrogen-bond donors (Lipinski definition) is 1. The lowest BCUT2D eigenvalue weighted by Gasteiger charge is -2.22. The number of benzene rings is 1. The second-order valence-electron chi connectivity index (χ2n) is 5.44. The highest BCUT2D eigenvalue weighted by Gasteiger charge is 2.21. The Kier molecular flexibility index (Phi) is 3.38. The Hall–Kier alpha value is -1.61. The molecular formula is C16H21N3. The lowest BCUT2D eigenvalue weighted by molar-refractivity contribution is 0.463. The molecule has 1 aromatic carbocycles. The summed E-state index contributed by atoms with van der Waals surface area (Å²) in [7, 11) is 0. The maximum atomic E-state index is 6.09. The summed E-state index contributed by atoms with van der Waals surface area (Å²) in [4.78, 5) is 4.75. The van der Waals surface area contributed by atoms with E-state index in [4.69, 9.17) is 10.7 Å². The fourth-order valence-corrected chi connectivity index (χ4v) is 2.95. The van der Waals surface area contributed by atoms with Crippen LogP contribution >= 0.6 is 0 Å². The largest absolute Gasteiger partial charge is 0.332 e. The Balaban J connectivity index is 1.78. The Morgan fingerprint density at radius 2 is 2.05 bits per heavy atom. The van der Waals surface area contributed by atoms with E-state index >= 15 is 0 Å². The van der Waals surface area contributed by atoms with Gasteiger partial charge in [0, 0.05) is 24.7 Å². The predicted molar refractivity (Wildman–Crippen MR) is 77.1 cm³/mol. The number of imidazole rings is 1. The quantitative estimate of drug-likeness (QED) is 0.914. The molecule has 1 aliphatic rings. The van der Waals surface area contributed by atoms with Gasteiger partial charge < -0.3 is 10.3 Å². The molecule has 1 aromatic heterocycles. The average Bonchev–Trinajstić information content (AvgIpc) is 2.74. The molecule has 3 rings (SSSR count). The maximum absolute atomic E-state index is 6.09. The summed E-state index contributed by atoms with van der Waals surface area (Å²) in [6.07, 6.45) is 4.12. The van der Waals surface area contributed by atoms with E-state index in [-0.39, 0.29) is 0 Å². The van der Waals surface area contributed by atoms with Gasteiger partial charge in [0.05, 0.1) is 5.69 Å². The molecule has 0 aliphatic carbocycles. The molecule has 3 nitrogen and oxygen atoms in total. The monoisotopic (exact) mass is 255 g/mol. The maximum Gasteiger partial charge on any atom is 0.106 e.